The molecule has 0 aliphatic rings. The van der Waals surface area contributed by atoms with Crippen LogP contribution in [-0.2, 0) is 12.0 Å². The minimum Gasteiger partial charge on any atom is -0.355 e. The van der Waals surface area contributed by atoms with Crippen molar-refractivity contribution >= 4 is 17.2 Å². The highest BCUT2D eigenvalue weighted by atomic mass is 32.1. The molecule has 2 aromatic heterocycles. The minimum absolute atomic E-state index is 0.104. The number of carbonyl (C=O) groups is 1. The molecule has 5 heteroatoms. The maximum absolute atomic E-state index is 12.1. The van der Waals surface area contributed by atoms with Crippen molar-refractivity contribution in [2.75, 3.05) is 0 Å². The predicted octanol–water partition coefficient (Wildman–Crippen LogP) is 4.63. The SMILES string of the molecule is CC(C)(C)c1ccc(-c2cc(C(=O)NCc3cccs3)no2)cc1. The summed E-state index contributed by atoms with van der Waals surface area (Å²) in [6.07, 6.45) is 0. The Morgan fingerprint density at radius 3 is 2.58 bits per heavy atom. The van der Waals surface area contributed by atoms with E-state index in [1.54, 1.807) is 17.4 Å². The molecule has 24 heavy (non-hydrogen) atoms. The fraction of sp³-hybridized carbons (Fsp3) is 0.263. The molecule has 3 rings (SSSR count). The largest absolute Gasteiger partial charge is 0.355 e. The Labute approximate surface area is 145 Å². The van der Waals surface area contributed by atoms with Crippen molar-refractivity contribution in [3.05, 3.63) is 64.0 Å². The van der Waals surface area contributed by atoms with Crippen LogP contribution in [-0.4, -0.2) is 11.1 Å². The van der Waals surface area contributed by atoms with Gasteiger partial charge in [-0.2, -0.15) is 0 Å². The van der Waals surface area contributed by atoms with E-state index >= 15 is 0 Å². The third-order valence-corrected chi connectivity index (χ3v) is 4.66. The lowest BCUT2D eigenvalue weighted by Gasteiger charge is -2.18. The average molecular weight is 340 g/mol. The van der Waals surface area contributed by atoms with Gasteiger partial charge >= 0.3 is 0 Å². The summed E-state index contributed by atoms with van der Waals surface area (Å²) in [5.41, 5.74) is 2.56. The summed E-state index contributed by atoms with van der Waals surface area (Å²) in [6, 6.07) is 13.8. The number of aromatic nitrogens is 1. The molecule has 0 spiro atoms. The van der Waals surface area contributed by atoms with Crippen LogP contribution in [0.1, 0.15) is 41.7 Å². The van der Waals surface area contributed by atoms with Crippen LogP contribution in [0.4, 0.5) is 0 Å². The lowest BCUT2D eigenvalue weighted by Crippen LogP contribution is -2.22. The number of nitrogens with zero attached hydrogens (tertiary/aromatic N) is 1. The lowest BCUT2D eigenvalue weighted by molar-refractivity contribution is 0.0942. The van der Waals surface area contributed by atoms with Crippen LogP contribution < -0.4 is 5.32 Å². The highest BCUT2D eigenvalue weighted by molar-refractivity contribution is 7.09. The smallest absolute Gasteiger partial charge is 0.273 e. The summed E-state index contributed by atoms with van der Waals surface area (Å²) in [7, 11) is 0. The van der Waals surface area contributed by atoms with E-state index in [9.17, 15) is 4.79 Å². The number of nitrogens with one attached hydrogen (secondary N) is 1. The van der Waals surface area contributed by atoms with Crippen LogP contribution in [0.15, 0.2) is 52.4 Å². The van der Waals surface area contributed by atoms with Crippen molar-refractivity contribution in [2.24, 2.45) is 0 Å². The number of benzene rings is 1. The van der Waals surface area contributed by atoms with Crippen molar-refractivity contribution in [2.45, 2.75) is 32.7 Å². The number of hydrogen-bond donors (Lipinski definition) is 1. The number of amides is 1. The Kier molecular flexibility index (Phi) is 4.53. The summed E-state index contributed by atoms with van der Waals surface area (Å²) in [5.74, 6) is 0.362. The van der Waals surface area contributed by atoms with E-state index in [1.807, 2.05) is 29.6 Å². The molecule has 1 N–H and O–H groups in total. The van der Waals surface area contributed by atoms with E-state index in [0.717, 1.165) is 10.4 Å². The van der Waals surface area contributed by atoms with Gasteiger partial charge in [0.25, 0.3) is 5.91 Å². The topological polar surface area (TPSA) is 55.1 Å². The molecule has 124 valence electrons. The monoisotopic (exact) mass is 340 g/mol. The van der Waals surface area contributed by atoms with E-state index in [2.05, 4.69) is 43.4 Å². The summed E-state index contributed by atoms with van der Waals surface area (Å²) < 4.78 is 5.33. The Balaban J connectivity index is 1.69. The fourth-order valence-electron chi connectivity index (χ4n) is 2.32. The Morgan fingerprint density at radius 2 is 1.96 bits per heavy atom. The van der Waals surface area contributed by atoms with Crippen molar-refractivity contribution in [1.82, 2.24) is 10.5 Å². The van der Waals surface area contributed by atoms with E-state index in [-0.39, 0.29) is 11.3 Å². The average Bonchev–Trinajstić information content (AvgIpc) is 3.23. The van der Waals surface area contributed by atoms with Crippen LogP contribution in [0.3, 0.4) is 0 Å². The van der Waals surface area contributed by atoms with E-state index in [0.29, 0.717) is 18.0 Å². The van der Waals surface area contributed by atoms with Crippen LogP contribution in [0.2, 0.25) is 0 Å². The molecular weight excluding hydrogens is 320 g/mol. The second kappa shape index (κ2) is 6.61. The summed E-state index contributed by atoms with van der Waals surface area (Å²) in [6.45, 7) is 7.02. The first-order valence-electron chi connectivity index (χ1n) is 7.82. The van der Waals surface area contributed by atoms with Crippen molar-refractivity contribution in [1.29, 1.82) is 0 Å². The first-order valence-corrected chi connectivity index (χ1v) is 8.70. The molecule has 1 amide bonds. The molecule has 0 atom stereocenters. The van der Waals surface area contributed by atoms with E-state index in [4.69, 9.17) is 4.52 Å². The third-order valence-electron chi connectivity index (χ3n) is 3.78. The molecule has 0 radical (unpaired) electrons. The molecule has 0 saturated carbocycles. The number of thiophene rings is 1. The van der Waals surface area contributed by atoms with Gasteiger partial charge in [0.1, 0.15) is 0 Å². The zero-order valence-electron chi connectivity index (χ0n) is 14.0. The maximum atomic E-state index is 12.1. The zero-order chi connectivity index (χ0) is 17.2. The van der Waals surface area contributed by atoms with Gasteiger partial charge in [0.2, 0.25) is 0 Å². The predicted molar refractivity (Wildman–Crippen MR) is 96.1 cm³/mol. The van der Waals surface area contributed by atoms with Gasteiger partial charge in [0.15, 0.2) is 11.5 Å². The molecule has 4 nitrogen and oxygen atoms in total. The van der Waals surface area contributed by atoms with Crippen molar-refractivity contribution in [3.8, 4) is 11.3 Å². The Hall–Kier alpha value is -2.40. The zero-order valence-corrected chi connectivity index (χ0v) is 14.8. The van der Waals surface area contributed by atoms with Gasteiger partial charge < -0.3 is 9.84 Å². The lowest BCUT2D eigenvalue weighted by atomic mass is 9.86. The molecule has 2 heterocycles. The summed E-state index contributed by atoms with van der Waals surface area (Å²) in [4.78, 5) is 13.2. The normalized spacial score (nSPS) is 11.5. The van der Waals surface area contributed by atoms with Gasteiger partial charge in [0, 0.05) is 16.5 Å². The van der Waals surface area contributed by atoms with Gasteiger partial charge in [-0.1, -0.05) is 56.3 Å². The summed E-state index contributed by atoms with van der Waals surface area (Å²) in [5, 5.41) is 8.71. The molecule has 0 bridgehead atoms. The molecule has 0 aliphatic carbocycles. The van der Waals surface area contributed by atoms with Gasteiger partial charge in [0.05, 0.1) is 6.54 Å². The number of hydrogen-bond acceptors (Lipinski definition) is 4. The maximum Gasteiger partial charge on any atom is 0.273 e. The first-order chi connectivity index (χ1) is 11.4. The minimum atomic E-state index is -0.232. The second-order valence-electron chi connectivity index (χ2n) is 6.67. The Morgan fingerprint density at radius 1 is 1.21 bits per heavy atom. The fourth-order valence-corrected chi connectivity index (χ4v) is 2.97. The van der Waals surface area contributed by atoms with Crippen LogP contribution in [0.25, 0.3) is 11.3 Å². The third kappa shape index (κ3) is 3.74. The van der Waals surface area contributed by atoms with Crippen LogP contribution in [0.5, 0.6) is 0 Å². The van der Waals surface area contributed by atoms with E-state index < -0.39 is 0 Å². The quantitative estimate of drug-likeness (QED) is 0.753. The highest BCUT2D eigenvalue weighted by Gasteiger charge is 2.16. The highest BCUT2D eigenvalue weighted by Crippen LogP contribution is 2.26. The molecule has 0 saturated heterocycles. The van der Waals surface area contributed by atoms with Gasteiger partial charge in [-0.15, -0.1) is 11.3 Å². The molecule has 1 aromatic carbocycles. The van der Waals surface area contributed by atoms with Gasteiger partial charge in [-0.3, -0.25) is 4.79 Å². The first kappa shape index (κ1) is 16.5. The Bertz CT molecular complexity index is 812. The molecule has 3 aromatic rings. The van der Waals surface area contributed by atoms with Gasteiger partial charge in [-0.25, -0.2) is 0 Å². The van der Waals surface area contributed by atoms with Crippen molar-refractivity contribution in [3.63, 3.8) is 0 Å². The molecule has 0 unspecified atom stereocenters. The van der Waals surface area contributed by atoms with Crippen molar-refractivity contribution < 1.29 is 9.32 Å². The van der Waals surface area contributed by atoms with E-state index in [1.165, 1.54) is 5.56 Å². The van der Waals surface area contributed by atoms with Crippen LogP contribution in [0, 0.1) is 0 Å². The molecule has 0 fully saturated rings. The van der Waals surface area contributed by atoms with Gasteiger partial charge in [-0.05, 0) is 22.4 Å². The molecule has 0 aliphatic heterocycles. The number of rotatable bonds is 4. The van der Waals surface area contributed by atoms with Crippen LogP contribution >= 0.6 is 11.3 Å². The second-order valence-corrected chi connectivity index (χ2v) is 7.70. The molecular formula is C19H20N2O2S. The number of carbonyl (C=O) groups excluding carboxylic acids is 1. The standard InChI is InChI=1S/C19H20N2O2S/c1-19(2,3)14-8-6-13(7-9-14)17-11-16(21-23-17)18(22)20-12-15-5-4-10-24-15/h4-11H,12H2,1-3H3,(H,20,22). The summed E-state index contributed by atoms with van der Waals surface area (Å²) >= 11 is 1.61.